The molecule has 0 aliphatic carbocycles. The molecule has 1 aromatic carbocycles. The quantitative estimate of drug-likeness (QED) is 0.853. The molecule has 2 rings (SSSR count). The first-order valence-electron chi connectivity index (χ1n) is 5.83. The Labute approximate surface area is 106 Å². The van der Waals surface area contributed by atoms with Crippen LogP contribution in [0.2, 0.25) is 0 Å². The lowest BCUT2D eigenvalue weighted by Crippen LogP contribution is -2.17. The van der Waals surface area contributed by atoms with E-state index < -0.39 is 0 Å². The Morgan fingerprint density at radius 3 is 2.83 bits per heavy atom. The van der Waals surface area contributed by atoms with Crippen LogP contribution in [0.5, 0.6) is 11.5 Å². The van der Waals surface area contributed by atoms with Gasteiger partial charge in [-0.15, -0.1) is 0 Å². The molecule has 2 aromatic rings. The molecule has 1 aromatic heterocycles. The molecule has 1 atom stereocenters. The maximum absolute atomic E-state index is 9.82. The summed E-state index contributed by atoms with van der Waals surface area (Å²) >= 11 is 0. The number of furan rings is 1. The zero-order chi connectivity index (χ0) is 13.0. The molecule has 0 saturated heterocycles. The van der Waals surface area contributed by atoms with Gasteiger partial charge in [-0.3, -0.25) is 0 Å². The number of phenolic OH excluding ortho intramolecular Hbond substituents is 1. The van der Waals surface area contributed by atoms with E-state index in [0.29, 0.717) is 12.3 Å². The zero-order valence-electron chi connectivity index (χ0n) is 10.5. The fourth-order valence-electron chi connectivity index (χ4n) is 1.72. The Bertz CT molecular complexity index is 494. The van der Waals surface area contributed by atoms with E-state index in [4.69, 9.17) is 9.15 Å². The lowest BCUT2D eigenvalue weighted by atomic mass is 10.1. The van der Waals surface area contributed by atoms with Crippen molar-refractivity contribution in [2.75, 3.05) is 7.11 Å². The Morgan fingerprint density at radius 1 is 1.39 bits per heavy atom. The van der Waals surface area contributed by atoms with Gasteiger partial charge in [-0.2, -0.15) is 0 Å². The van der Waals surface area contributed by atoms with Gasteiger partial charge in [0.25, 0.3) is 0 Å². The average molecular weight is 247 g/mol. The van der Waals surface area contributed by atoms with Gasteiger partial charge in [-0.05, 0) is 25.1 Å². The number of hydrogen-bond donors (Lipinski definition) is 2. The summed E-state index contributed by atoms with van der Waals surface area (Å²) in [5.41, 5.74) is 0.828. The highest BCUT2D eigenvalue weighted by Crippen LogP contribution is 2.24. The topological polar surface area (TPSA) is 54.6 Å². The maximum atomic E-state index is 9.82. The van der Waals surface area contributed by atoms with Gasteiger partial charge < -0.3 is 19.6 Å². The third kappa shape index (κ3) is 2.84. The summed E-state index contributed by atoms with van der Waals surface area (Å²) in [5, 5.41) is 13.1. The highest BCUT2D eigenvalue weighted by atomic mass is 16.5. The van der Waals surface area contributed by atoms with Gasteiger partial charge in [-0.25, -0.2) is 0 Å². The Morgan fingerprint density at radius 2 is 2.22 bits per heavy atom. The van der Waals surface area contributed by atoms with E-state index in [0.717, 1.165) is 11.3 Å². The summed E-state index contributed by atoms with van der Waals surface area (Å²) in [6, 6.07) is 9.16. The number of ether oxygens (including phenoxy) is 1. The van der Waals surface area contributed by atoms with E-state index in [1.807, 2.05) is 31.2 Å². The largest absolute Gasteiger partial charge is 0.507 e. The standard InChI is InChI=1S/C14H17NO3/c1-10(14-4-3-7-18-14)15-9-11-5-6-12(17-2)8-13(11)16/h3-8,10,15-16H,9H2,1-2H3/t10-/m0/s1. The van der Waals surface area contributed by atoms with Crippen molar-refractivity contribution in [1.29, 1.82) is 0 Å². The molecule has 0 amide bonds. The van der Waals surface area contributed by atoms with Gasteiger partial charge in [0.1, 0.15) is 17.3 Å². The van der Waals surface area contributed by atoms with Crippen molar-refractivity contribution >= 4 is 0 Å². The van der Waals surface area contributed by atoms with E-state index >= 15 is 0 Å². The monoisotopic (exact) mass is 247 g/mol. The highest BCUT2D eigenvalue weighted by molar-refractivity contribution is 5.39. The normalized spacial score (nSPS) is 12.3. The van der Waals surface area contributed by atoms with Crippen LogP contribution in [0, 0.1) is 0 Å². The molecular weight excluding hydrogens is 230 g/mol. The molecule has 0 radical (unpaired) electrons. The summed E-state index contributed by atoms with van der Waals surface area (Å²) in [6.07, 6.45) is 1.65. The zero-order valence-corrected chi connectivity index (χ0v) is 10.5. The molecule has 0 aliphatic rings. The molecule has 1 heterocycles. The van der Waals surface area contributed by atoms with Crippen molar-refractivity contribution < 1.29 is 14.3 Å². The summed E-state index contributed by atoms with van der Waals surface area (Å²) in [6.45, 7) is 2.58. The van der Waals surface area contributed by atoms with Crippen LogP contribution in [0.4, 0.5) is 0 Å². The molecular formula is C14H17NO3. The number of phenols is 1. The van der Waals surface area contributed by atoms with Crippen LogP contribution in [0.1, 0.15) is 24.3 Å². The lowest BCUT2D eigenvalue weighted by molar-refractivity contribution is 0.402. The van der Waals surface area contributed by atoms with Crippen molar-refractivity contribution in [2.45, 2.75) is 19.5 Å². The number of hydrogen-bond acceptors (Lipinski definition) is 4. The van der Waals surface area contributed by atoms with Crippen LogP contribution >= 0.6 is 0 Å². The Kier molecular flexibility index (Phi) is 3.89. The highest BCUT2D eigenvalue weighted by Gasteiger charge is 2.09. The van der Waals surface area contributed by atoms with E-state index in [-0.39, 0.29) is 11.8 Å². The Hall–Kier alpha value is -1.94. The average Bonchev–Trinajstić information content (AvgIpc) is 2.90. The third-order valence-electron chi connectivity index (χ3n) is 2.86. The Balaban J connectivity index is 1.98. The van der Waals surface area contributed by atoms with Crippen molar-refractivity contribution in [2.24, 2.45) is 0 Å². The van der Waals surface area contributed by atoms with Crippen molar-refractivity contribution in [3.8, 4) is 11.5 Å². The molecule has 4 nitrogen and oxygen atoms in total. The van der Waals surface area contributed by atoms with Crippen molar-refractivity contribution in [3.05, 3.63) is 47.9 Å². The molecule has 4 heteroatoms. The fourth-order valence-corrected chi connectivity index (χ4v) is 1.72. The van der Waals surface area contributed by atoms with Crippen LogP contribution in [-0.2, 0) is 6.54 Å². The number of benzene rings is 1. The molecule has 0 saturated carbocycles. The second-order valence-corrected chi connectivity index (χ2v) is 4.11. The first-order chi connectivity index (χ1) is 8.70. The minimum absolute atomic E-state index is 0.0986. The van der Waals surface area contributed by atoms with Gasteiger partial charge in [0, 0.05) is 18.2 Å². The van der Waals surface area contributed by atoms with Gasteiger partial charge in [0.15, 0.2) is 0 Å². The molecule has 0 aliphatic heterocycles. The lowest BCUT2D eigenvalue weighted by Gasteiger charge is -2.12. The number of nitrogens with one attached hydrogen (secondary N) is 1. The first-order valence-corrected chi connectivity index (χ1v) is 5.83. The first kappa shape index (κ1) is 12.5. The minimum atomic E-state index is 0.0986. The predicted molar refractivity (Wildman–Crippen MR) is 68.6 cm³/mol. The van der Waals surface area contributed by atoms with Crippen LogP contribution in [0.25, 0.3) is 0 Å². The van der Waals surface area contributed by atoms with E-state index in [9.17, 15) is 5.11 Å². The third-order valence-corrected chi connectivity index (χ3v) is 2.86. The van der Waals surface area contributed by atoms with Gasteiger partial charge in [-0.1, -0.05) is 6.07 Å². The van der Waals surface area contributed by atoms with Gasteiger partial charge >= 0.3 is 0 Å². The number of rotatable bonds is 5. The SMILES string of the molecule is COc1ccc(CN[C@@H](C)c2ccco2)c(O)c1. The second-order valence-electron chi connectivity index (χ2n) is 4.11. The number of aromatic hydroxyl groups is 1. The second kappa shape index (κ2) is 5.60. The van der Waals surface area contributed by atoms with Crippen LogP contribution in [-0.4, -0.2) is 12.2 Å². The molecule has 0 fully saturated rings. The molecule has 0 unspecified atom stereocenters. The number of methoxy groups -OCH3 is 1. The summed E-state index contributed by atoms with van der Waals surface area (Å²) in [7, 11) is 1.58. The molecule has 0 spiro atoms. The van der Waals surface area contributed by atoms with Crippen LogP contribution in [0.15, 0.2) is 41.0 Å². The molecule has 18 heavy (non-hydrogen) atoms. The van der Waals surface area contributed by atoms with Crippen LogP contribution in [0.3, 0.4) is 0 Å². The maximum Gasteiger partial charge on any atom is 0.123 e. The summed E-state index contributed by atoms with van der Waals surface area (Å²) in [4.78, 5) is 0. The molecule has 0 bridgehead atoms. The van der Waals surface area contributed by atoms with Crippen molar-refractivity contribution in [1.82, 2.24) is 5.32 Å². The minimum Gasteiger partial charge on any atom is -0.507 e. The van der Waals surface area contributed by atoms with E-state index in [2.05, 4.69) is 5.32 Å². The summed E-state index contributed by atoms with van der Waals surface area (Å²) in [5.74, 6) is 1.76. The predicted octanol–water partition coefficient (Wildman–Crippen LogP) is 2.84. The van der Waals surface area contributed by atoms with Crippen LogP contribution < -0.4 is 10.1 Å². The molecule has 2 N–H and O–H groups in total. The smallest absolute Gasteiger partial charge is 0.123 e. The fraction of sp³-hybridized carbons (Fsp3) is 0.286. The van der Waals surface area contributed by atoms with Gasteiger partial charge in [0.05, 0.1) is 19.4 Å². The van der Waals surface area contributed by atoms with Gasteiger partial charge in [0.2, 0.25) is 0 Å². The van der Waals surface area contributed by atoms with Crippen molar-refractivity contribution in [3.63, 3.8) is 0 Å². The van der Waals surface area contributed by atoms with E-state index in [1.165, 1.54) is 0 Å². The van der Waals surface area contributed by atoms with E-state index in [1.54, 1.807) is 19.4 Å². The summed E-state index contributed by atoms with van der Waals surface area (Å²) < 4.78 is 10.3. The molecule has 96 valence electrons.